The monoisotopic (exact) mass is 220 g/mol. The van der Waals surface area contributed by atoms with Crippen LogP contribution in [0.15, 0.2) is 0 Å². The summed E-state index contributed by atoms with van der Waals surface area (Å²) in [7, 11) is 0. The molecule has 0 spiro atoms. The number of hydrogen-bond donors (Lipinski definition) is 5. The van der Waals surface area contributed by atoms with Crippen LogP contribution < -0.4 is 4.90 Å². The van der Waals surface area contributed by atoms with Crippen molar-refractivity contribution in [3.8, 4) is 0 Å². The van der Waals surface area contributed by atoms with E-state index in [0.29, 0.717) is 6.54 Å². The van der Waals surface area contributed by atoms with E-state index >= 15 is 0 Å². The first-order valence-corrected chi connectivity index (χ1v) is 5.61. The summed E-state index contributed by atoms with van der Waals surface area (Å²) in [6.45, 7) is 3.11. The number of aliphatic hydroxyl groups excluding tert-OH is 4. The topological polar surface area (TPSA) is 85.4 Å². The Balaban J connectivity index is 2.60. The molecule has 5 heteroatoms. The third-order valence-electron chi connectivity index (χ3n) is 3.20. The summed E-state index contributed by atoms with van der Waals surface area (Å²) < 4.78 is 0. The highest BCUT2D eigenvalue weighted by Gasteiger charge is 2.43. The summed E-state index contributed by atoms with van der Waals surface area (Å²) in [5.74, 6) is 0. The van der Waals surface area contributed by atoms with Crippen LogP contribution in [0.3, 0.4) is 0 Å². The number of rotatable bonds is 4. The highest BCUT2D eigenvalue weighted by molar-refractivity contribution is 4.84. The van der Waals surface area contributed by atoms with Crippen LogP contribution in [0.4, 0.5) is 0 Å². The van der Waals surface area contributed by atoms with Crippen molar-refractivity contribution < 1.29 is 25.3 Å². The molecule has 1 saturated heterocycles. The summed E-state index contributed by atoms with van der Waals surface area (Å²) in [5, 5.41) is 37.8. The fourth-order valence-corrected chi connectivity index (χ4v) is 2.18. The van der Waals surface area contributed by atoms with Crippen molar-refractivity contribution in [2.75, 3.05) is 19.7 Å². The standard InChI is InChI=1S/C10H21NO4/c1-2-3-4-11-5-8(13)10(15)9(14)7(11)6-12/h7-10,12-15H,2-6H2,1H3/p+1/t7-,8+,9-,10-/m1/s1. The lowest BCUT2D eigenvalue weighted by atomic mass is 9.94. The van der Waals surface area contributed by atoms with Gasteiger partial charge in [0.15, 0.2) is 0 Å². The molecule has 1 aliphatic heterocycles. The van der Waals surface area contributed by atoms with Crippen LogP contribution in [0.2, 0.25) is 0 Å². The lowest BCUT2D eigenvalue weighted by Crippen LogP contribution is -3.20. The van der Waals surface area contributed by atoms with Gasteiger partial charge in [-0.15, -0.1) is 0 Å². The van der Waals surface area contributed by atoms with Crippen molar-refractivity contribution in [3.63, 3.8) is 0 Å². The molecule has 1 rings (SSSR count). The van der Waals surface area contributed by atoms with Crippen LogP contribution in [0.1, 0.15) is 19.8 Å². The molecule has 0 radical (unpaired) electrons. The fraction of sp³-hybridized carbons (Fsp3) is 1.00. The molecule has 1 heterocycles. The zero-order chi connectivity index (χ0) is 11.4. The number of aliphatic hydroxyl groups is 4. The average molecular weight is 220 g/mol. The second-order valence-electron chi connectivity index (χ2n) is 4.30. The van der Waals surface area contributed by atoms with Gasteiger partial charge < -0.3 is 25.3 Å². The molecule has 0 aromatic carbocycles. The maximum absolute atomic E-state index is 9.69. The van der Waals surface area contributed by atoms with Gasteiger partial charge in [0.2, 0.25) is 0 Å². The molecule has 15 heavy (non-hydrogen) atoms. The lowest BCUT2D eigenvalue weighted by Gasteiger charge is -2.40. The van der Waals surface area contributed by atoms with Gasteiger partial charge in [-0.2, -0.15) is 0 Å². The third kappa shape index (κ3) is 2.89. The Morgan fingerprint density at radius 3 is 2.40 bits per heavy atom. The van der Waals surface area contributed by atoms with E-state index in [1.165, 1.54) is 0 Å². The van der Waals surface area contributed by atoms with Gasteiger partial charge in [-0.05, 0) is 6.42 Å². The first kappa shape index (κ1) is 12.9. The van der Waals surface area contributed by atoms with Crippen LogP contribution in [0.5, 0.6) is 0 Å². The molecule has 5 nitrogen and oxygen atoms in total. The molecular formula is C10H22NO4+. The van der Waals surface area contributed by atoms with E-state index in [1.54, 1.807) is 0 Å². The van der Waals surface area contributed by atoms with E-state index in [4.69, 9.17) is 5.11 Å². The minimum Gasteiger partial charge on any atom is -0.390 e. The molecule has 90 valence electrons. The Kier molecular flexibility index (Phi) is 4.95. The molecule has 0 saturated carbocycles. The minimum absolute atomic E-state index is 0.163. The van der Waals surface area contributed by atoms with Crippen molar-refractivity contribution in [2.45, 2.75) is 44.1 Å². The fourth-order valence-electron chi connectivity index (χ4n) is 2.18. The third-order valence-corrected chi connectivity index (χ3v) is 3.20. The summed E-state index contributed by atoms with van der Waals surface area (Å²) in [6.07, 6.45) is -1.04. The Morgan fingerprint density at radius 1 is 1.20 bits per heavy atom. The maximum Gasteiger partial charge on any atom is 0.140 e. The predicted molar refractivity (Wildman–Crippen MR) is 54.5 cm³/mol. The lowest BCUT2D eigenvalue weighted by molar-refractivity contribution is -0.940. The van der Waals surface area contributed by atoms with E-state index in [1.807, 2.05) is 0 Å². The molecule has 0 aliphatic carbocycles. The second-order valence-corrected chi connectivity index (χ2v) is 4.30. The number of likely N-dealkylation sites (tertiary alicyclic amines) is 1. The molecule has 0 aromatic rings. The maximum atomic E-state index is 9.69. The minimum atomic E-state index is -1.13. The predicted octanol–water partition coefficient (Wildman–Crippen LogP) is -2.87. The smallest absolute Gasteiger partial charge is 0.140 e. The summed E-state index contributed by atoms with van der Waals surface area (Å²) >= 11 is 0. The van der Waals surface area contributed by atoms with E-state index < -0.39 is 18.3 Å². The van der Waals surface area contributed by atoms with Crippen LogP contribution >= 0.6 is 0 Å². The van der Waals surface area contributed by atoms with E-state index in [2.05, 4.69) is 6.92 Å². The van der Waals surface area contributed by atoms with Crippen molar-refractivity contribution in [1.82, 2.24) is 0 Å². The van der Waals surface area contributed by atoms with Gasteiger partial charge in [0, 0.05) is 0 Å². The molecule has 1 aliphatic rings. The van der Waals surface area contributed by atoms with E-state index in [9.17, 15) is 15.3 Å². The zero-order valence-electron chi connectivity index (χ0n) is 9.13. The Bertz CT molecular complexity index is 190. The summed E-state index contributed by atoms with van der Waals surface area (Å²) in [5.41, 5.74) is 0. The molecule has 5 atom stereocenters. The number of nitrogens with one attached hydrogen (secondary N) is 1. The van der Waals surface area contributed by atoms with Crippen LogP contribution in [-0.2, 0) is 0 Å². The van der Waals surface area contributed by atoms with Crippen LogP contribution in [0, 0.1) is 0 Å². The van der Waals surface area contributed by atoms with Crippen LogP contribution in [-0.4, -0.2) is 64.5 Å². The van der Waals surface area contributed by atoms with Crippen molar-refractivity contribution >= 4 is 0 Å². The molecule has 1 fully saturated rings. The normalized spacial score (nSPS) is 41.8. The highest BCUT2D eigenvalue weighted by atomic mass is 16.4. The summed E-state index contributed by atoms with van der Waals surface area (Å²) in [4.78, 5) is 0.977. The first-order valence-electron chi connectivity index (χ1n) is 5.61. The first-order chi connectivity index (χ1) is 7.11. The molecule has 5 N–H and O–H groups in total. The molecule has 0 aromatic heterocycles. The number of hydrogen-bond acceptors (Lipinski definition) is 4. The van der Waals surface area contributed by atoms with Gasteiger partial charge in [0.1, 0.15) is 30.9 Å². The van der Waals surface area contributed by atoms with Gasteiger partial charge in [-0.3, -0.25) is 0 Å². The Morgan fingerprint density at radius 2 is 1.87 bits per heavy atom. The molecule has 0 bridgehead atoms. The molecule has 1 unspecified atom stereocenters. The van der Waals surface area contributed by atoms with Crippen molar-refractivity contribution in [1.29, 1.82) is 0 Å². The average Bonchev–Trinajstić information content (AvgIpc) is 2.23. The number of piperidine rings is 1. The van der Waals surface area contributed by atoms with Crippen molar-refractivity contribution in [3.05, 3.63) is 0 Å². The number of unbranched alkanes of at least 4 members (excludes halogenated alkanes) is 1. The van der Waals surface area contributed by atoms with Gasteiger partial charge in [0.25, 0.3) is 0 Å². The summed E-state index contributed by atoms with van der Waals surface area (Å²) in [6, 6.07) is -0.380. The van der Waals surface area contributed by atoms with Gasteiger partial charge in [-0.25, -0.2) is 0 Å². The second kappa shape index (κ2) is 5.77. The van der Waals surface area contributed by atoms with Gasteiger partial charge >= 0.3 is 0 Å². The SMILES string of the molecule is CCCC[NH+]1C[C@H](O)[C@@H](O)[C@H](O)[C@H]1CO. The van der Waals surface area contributed by atoms with Crippen LogP contribution in [0.25, 0.3) is 0 Å². The zero-order valence-corrected chi connectivity index (χ0v) is 9.13. The van der Waals surface area contributed by atoms with Crippen molar-refractivity contribution in [2.24, 2.45) is 0 Å². The largest absolute Gasteiger partial charge is 0.390 e. The highest BCUT2D eigenvalue weighted by Crippen LogP contribution is 2.07. The Hall–Kier alpha value is -0.200. The van der Waals surface area contributed by atoms with Gasteiger partial charge in [0.05, 0.1) is 13.2 Å². The number of quaternary nitrogens is 1. The molecular weight excluding hydrogens is 198 g/mol. The quantitative estimate of drug-likeness (QED) is 0.352. The molecule has 0 amide bonds. The Labute approximate surface area is 90.0 Å². The van der Waals surface area contributed by atoms with Gasteiger partial charge in [-0.1, -0.05) is 13.3 Å². The van der Waals surface area contributed by atoms with E-state index in [0.717, 1.165) is 24.3 Å². The van der Waals surface area contributed by atoms with E-state index in [-0.39, 0.29) is 12.6 Å².